The molecule has 1 aromatic heterocycles. The van der Waals surface area contributed by atoms with Gasteiger partial charge in [0.25, 0.3) is 0 Å². The molecule has 0 radical (unpaired) electrons. The van der Waals surface area contributed by atoms with Crippen LogP contribution in [0.5, 0.6) is 0 Å². The topological polar surface area (TPSA) is 36.4 Å². The molecule has 88 valence electrons. The van der Waals surface area contributed by atoms with Crippen molar-refractivity contribution in [2.45, 2.75) is 6.54 Å². The molecule has 0 atom stereocenters. The molecule has 0 unspecified atom stereocenters. The Hall–Kier alpha value is -1.45. The molecular weight excluding hydrogens is 212 g/mol. The number of hydrogen-bond donors (Lipinski definition) is 1. The third-order valence-electron chi connectivity index (χ3n) is 3.42. The number of pyridine rings is 1. The maximum absolute atomic E-state index is 9.00. The monoisotopic (exact) mass is 228 g/mol. The molecule has 0 bridgehead atoms. The van der Waals surface area contributed by atoms with Crippen molar-refractivity contribution in [2.24, 2.45) is 5.92 Å². The number of nitrogens with zero attached hydrogens (tertiary/aromatic N) is 2. The van der Waals surface area contributed by atoms with Gasteiger partial charge in [0.1, 0.15) is 0 Å². The van der Waals surface area contributed by atoms with Crippen molar-refractivity contribution in [3.8, 4) is 0 Å². The molecule has 1 fully saturated rings. The summed E-state index contributed by atoms with van der Waals surface area (Å²) in [5.74, 6) is 0.475. The molecule has 0 amide bonds. The average molecular weight is 228 g/mol. The predicted octanol–water partition coefficient (Wildman–Crippen LogP) is 1.66. The van der Waals surface area contributed by atoms with Crippen molar-refractivity contribution in [1.29, 1.82) is 0 Å². The van der Waals surface area contributed by atoms with Crippen LogP contribution in [-0.2, 0) is 6.54 Å². The Morgan fingerprint density at radius 3 is 2.88 bits per heavy atom. The summed E-state index contributed by atoms with van der Waals surface area (Å²) in [5, 5.41) is 10.2. The number of aliphatic hydroxyl groups excluding tert-OH is 1. The van der Waals surface area contributed by atoms with E-state index in [4.69, 9.17) is 5.11 Å². The van der Waals surface area contributed by atoms with Gasteiger partial charge in [-0.25, -0.2) is 0 Å². The Bertz CT molecular complexity index is 515. The van der Waals surface area contributed by atoms with Crippen LogP contribution in [0.4, 0.5) is 0 Å². The third kappa shape index (κ3) is 2.04. The van der Waals surface area contributed by atoms with Gasteiger partial charge in [-0.1, -0.05) is 18.2 Å². The summed E-state index contributed by atoms with van der Waals surface area (Å²) in [6.45, 7) is 3.29. The van der Waals surface area contributed by atoms with Crippen LogP contribution in [0, 0.1) is 5.92 Å². The number of para-hydroxylation sites is 1. The summed E-state index contributed by atoms with van der Waals surface area (Å²) >= 11 is 0. The number of likely N-dealkylation sites (tertiary alicyclic amines) is 1. The van der Waals surface area contributed by atoms with Gasteiger partial charge in [0.2, 0.25) is 0 Å². The zero-order valence-corrected chi connectivity index (χ0v) is 9.71. The largest absolute Gasteiger partial charge is 0.396 e. The average Bonchev–Trinajstić information content (AvgIpc) is 2.33. The van der Waals surface area contributed by atoms with Gasteiger partial charge in [0, 0.05) is 43.7 Å². The second-order valence-corrected chi connectivity index (χ2v) is 4.73. The van der Waals surface area contributed by atoms with Crippen LogP contribution in [0.25, 0.3) is 10.9 Å². The lowest BCUT2D eigenvalue weighted by Gasteiger charge is -2.38. The normalized spacial score (nSPS) is 17.2. The molecule has 3 heteroatoms. The van der Waals surface area contributed by atoms with Gasteiger partial charge in [-0.05, 0) is 17.7 Å². The Balaban J connectivity index is 1.81. The quantitative estimate of drug-likeness (QED) is 0.868. The molecule has 1 aliphatic rings. The lowest BCUT2D eigenvalue weighted by molar-refractivity contribution is 0.0482. The highest BCUT2D eigenvalue weighted by Crippen LogP contribution is 2.22. The maximum Gasteiger partial charge on any atom is 0.0705 e. The number of benzene rings is 1. The van der Waals surface area contributed by atoms with Crippen LogP contribution >= 0.6 is 0 Å². The summed E-state index contributed by atoms with van der Waals surface area (Å²) in [6, 6.07) is 10.3. The van der Waals surface area contributed by atoms with Crippen LogP contribution in [0.2, 0.25) is 0 Å². The predicted molar refractivity (Wildman–Crippen MR) is 67.6 cm³/mol. The van der Waals surface area contributed by atoms with E-state index < -0.39 is 0 Å². The number of fused-ring (bicyclic) bond motifs is 1. The lowest BCUT2D eigenvalue weighted by atomic mass is 9.99. The molecule has 1 aromatic carbocycles. The molecule has 1 saturated heterocycles. The molecule has 0 spiro atoms. The molecular formula is C14H16N2O. The van der Waals surface area contributed by atoms with Crippen molar-refractivity contribution in [2.75, 3.05) is 19.7 Å². The first-order valence-corrected chi connectivity index (χ1v) is 6.02. The van der Waals surface area contributed by atoms with E-state index >= 15 is 0 Å². The minimum Gasteiger partial charge on any atom is -0.396 e. The first-order chi connectivity index (χ1) is 8.36. The van der Waals surface area contributed by atoms with E-state index in [0.717, 1.165) is 25.2 Å². The Morgan fingerprint density at radius 2 is 2.06 bits per heavy atom. The Morgan fingerprint density at radius 1 is 1.24 bits per heavy atom. The number of aliphatic hydroxyl groups is 1. The van der Waals surface area contributed by atoms with Crippen LogP contribution in [-0.4, -0.2) is 34.7 Å². The summed E-state index contributed by atoms with van der Waals surface area (Å²) in [4.78, 5) is 6.73. The van der Waals surface area contributed by atoms with E-state index in [1.165, 1.54) is 10.9 Å². The standard InChI is InChI=1S/C14H16N2O/c17-10-11-7-16(8-11)9-12-5-6-15-14-4-2-1-3-13(12)14/h1-6,11,17H,7-10H2. The molecule has 2 aromatic rings. The summed E-state index contributed by atoms with van der Waals surface area (Å²) in [7, 11) is 0. The van der Waals surface area contributed by atoms with E-state index in [0.29, 0.717) is 12.5 Å². The molecule has 2 heterocycles. The number of aromatic nitrogens is 1. The van der Waals surface area contributed by atoms with Crippen molar-refractivity contribution in [3.63, 3.8) is 0 Å². The fraction of sp³-hybridized carbons (Fsp3) is 0.357. The maximum atomic E-state index is 9.00. The molecule has 0 saturated carbocycles. The smallest absolute Gasteiger partial charge is 0.0705 e. The summed E-state index contributed by atoms with van der Waals surface area (Å²) < 4.78 is 0. The van der Waals surface area contributed by atoms with Crippen molar-refractivity contribution in [3.05, 3.63) is 42.1 Å². The first-order valence-electron chi connectivity index (χ1n) is 6.02. The van der Waals surface area contributed by atoms with Gasteiger partial charge in [-0.15, -0.1) is 0 Å². The number of rotatable bonds is 3. The van der Waals surface area contributed by atoms with E-state index in [-0.39, 0.29) is 0 Å². The number of hydrogen-bond acceptors (Lipinski definition) is 3. The molecule has 1 N–H and O–H groups in total. The molecule has 1 aliphatic heterocycles. The SMILES string of the molecule is OCC1CN(Cc2ccnc3ccccc23)C1. The molecule has 3 rings (SSSR count). The van der Waals surface area contributed by atoms with Gasteiger partial charge in [0.15, 0.2) is 0 Å². The van der Waals surface area contributed by atoms with E-state index in [9.17, 15) is 0 Å². The van der Waals surface area contributed by atoms with Gasteiger partial charge in [0.05, 0.1) is 5.52 Å². The highest BCUT2D eigenvalue weighted by molar-refractivity contribution is 5.81. The van der Waals surface area contributed by atoms with Gasteiger partial charge >= 0.3 is 0 Å². The van der Waals surface area contributed by atoms with Gasteiger partial charge in [-0.3, -0.25) is 9.88 Å². The van der Waals surface area contributed by atoms with Gasteiger partial charge in [-0.2, -0.15) is 0 Å². The van der Waals surface area contributed by atoms with Crippen molar-refractivity contribution >= 4 is 10.9 Å². The van der Waals surface area contributed by atoms with E-state index in [2.05, 4.69) is 28.1 Å². The zero-order valence-electron chi connectivity index (χ0n) is 9.71. The highest BCUT2D eigenvalue weighted by atomic mass is 16.3. The zero-order chi connectivity index (χ0) is 11.7. The van der Waals surface area contributed by atoms with Crippen LogP contribution in [0.15, 0.2) is 36.5 Å². The summed E-state index contributed by atoms with van der Waals surface area (Å²) in [6.07, 6.45) is 1.88. The molecule has 3 nitrogen and oxygen atoms in total. The lowest BCUT2D eigenvalue weighted by Crippen LogP contribution is -2.47. The van der Waals surface area contributed by atoms with Crippen LogP contribution < -0.4 is 0 Å². The molecule has 17 heavy (non-hydrogen) atoms. The minimum absolute atomic E-state index is 0.313. The van der Waals surface area contributed by atoms with Crippen molar-refractivity contribution < 1.29 is 5.11 Å². The van der Waals surface area contributed by atoms with Crippen LogP contribution in [0.3, 0.4) is 0 Å². The van der Waals surface area contributed by atoms with E-state index in [1.807, 2.05) is 18.3 Å². The van der Waals surface area contributed by atoms with Crippen LogP contribution in [0.1, 0.15) is 5.56 Å². The second-order valence-electron chi connectivity index (χ2n) is 4.73. The van der Waals surface area contributed by atoms with Crippen molar-refractivity contribution in [1.82, 2.24) is 9.88 Å². The third-order valence-corrected chi connectivity index (χ3v) is 3.42. The summed E-state index contributed by atoms with van der Waals surface area (Å²) in [5.41, 5.74) is 2.39. The Labute approximate surface area is 101 Å². The fourth-order valence-electron chi connectivity index (χ4n) is 2.46. The minimum atomic E-state index is 0.313. The van der Waals surface area contributed by atoms with Gasteiger partial charge < -0.3 is 5.11 Å². The molecule has 0 aliphatic carbocycles. The highest BCUT2D eigenvalue weighted by Gasteiger charge is 2.25. The van der Waals surface area contributed by atoms with E-state index in [1.54, 1.807) is 0 Å². The second kappa shape index (κ2) is 4.43. The Kier molecular flexibility index (Phi) is 2.79. The fourth-order valence-corrected chi connectivity index (χ4v) is 2.46. The first kappa shape index (κ1) is 10.7.